The lowest BCUT2D eigenvalue weighted by atomic mass is 9.99. The number of piperidine rings is 1. The van der Waals surface area contributed by atoms with Crippen molar-refractivity contribution >= 4 is 17.6 Å². The van der Waals surface area contributed by atoms with Crippen molar-refractivity contribution in [2.24, 2.45) is 0 Å². The fraction of sp³-hybridized carbons (Fsp3) is 0.231. The van der Waals surface area contributed by atoms with E-state index in [1.165, 1.54) is 0 Å². The Labute approximate surface area is 187 Å². The van der Waals surface area contributed by atoms with Crippen molar-refractivity contribution in [3.63, 3.8) is 0 Å². The molecule has 2 N–H and O–H groups in total. The second-order valence-corrected chi connectivity index (χ2v) is 7.83. The molecule has 1 saturated heterocycles. The molecule has 0 aromatic heterocycles. The van der Waals surface area contributed by atoms with Gasteiger partial charge >= 0.3 is 6.09 Å². The molecule has 0 bridgehead atoms. The molecule has 6 nitrogen and oxygen atoms in total. The summed E-state index contributed by atoms with van der Waals surface area (Å²) in [6.07, 6.45) is 0.00296. The second kappa shape index (κ2) is 10.1. The molecule has 164 valence electrons. The summed E-state index contributed by atoms with van der Waals surface area (Å²) in [5.74, 6) is 0.206. The zero-order chi connectivity index (χ0) is 22.3. The lowest BCUT2D eigenvalue weighted by molar-refractivity contribution is 0.0747. The average molecular weight is 431 g/mol. The molecule has 3 aromatic rings. The number of Topliss-reactive ketones (excluding diaryl/α,β-unsaturated/α-hetero) is 1. The summed E-state index contributed by atoms with van der Waals surface area (Å²) in [6.45, 7) is 1.58. The van der Waals surface area contributed by atoms with Crippen molar-refractivity contribution in [2.45, 2.75) is 25.0 Å². The molecule has 6 heteroatoms. The maximum absolute atomic E-state index is 12.6. The van der Waals surface area contributed by atoms with Crippen molar-refractivity contribution < 1.29 is 19.4 Å². The summed E-state index contributed by atoms with van der Waals surface area (Å²) in [5, 5.41) is 13.3. The highest BCUT2D eigenvalue weighted by Gasteiger charge is 2.23. The highest BCUT2D eigenvalue weighted by atomic mass is 16.6. The molecule has 3 aromatic carbocycles. The Balaban J connectivity index is 1.28. The molecule has 4 rings (SSSR count). The number of hydrogen-bond acceptors (Lipinski definition) is 5. The third kappa shape index (κ3) is 5.34. The van der Waals surface area contributed by atoms with Gasteiger partial charge in [0.25, 0.3) is 0 Å². The number of ether oxygens (including phenoxy) is 1. The number of carbonyl (C=O) groups excluding carboxylic acids is 2. The first-order chi connectivity index (χ1) is 15.6. The molecule has 32 heavy (non-hydrogen) atoms. The van der Waals surface area contributed by atoms with E-state index in [1.54, 1.807) is 48.5 Å². The van der Waals surface area contributed by atoms with Gasteiger partial charge in [-0.3, -0.25) is 4.79 Å². The van der Waals surface area contributed by atoms with Crippen LogP contribution in [0.2, 0.25) is 0 Å². The number of ketones is 1. The lowest BCUT2D eigenvalue weighted by Gasteiger charge is -2.33. The van der Waals surface area contributed by atoms with Gasteiger partial charge in [-0.15, -0.1) is 0 Å². The van der Waals surface area contributed by atoms with Gasteiger partial charge in [0.1, 0.15) is 11.9 Å². The van der Waals surface area contributed by atoms with E-state index in [0.29, 0.717) is 16.9 Å². The van der Waals surface area contributed by atoms with Crippen molar-refractivity contribution in [3.8, 4) is 5.75 Å². The Bertz CT molecular complexity index is 1030. The second-order valence-electron chi connectivity index (χ2n) is 7.83. The number of amides is 1. The van der Waals surface area contributed by atoms with Crippen LogP contribution in [-0.2, 0) is 0 Å². The van der Waals surface area contributed by atoms with Gasteiger partial charge in [-0.05, 0) is 54.8 Å². The van der Waals surface area contributed by atoms with E-state index >= 15 is 0 Å². The molecular weight excluding hydrogens is 404 g/mol. The van der Waals surface area contributed by atoms with Crippen LogP contribution in [0.3, 0.4) is 0 Å². The maximum Gasteiger partial charge on any atom is 0.412 e. The first-order valence-electron chi connectivity index (χ1n) is 10.8. The Morgan fingerprint density at radius 3 is 2.09 bits per heavy atom. The molecule has 1 atom stereocenters. The lowest BCUT2D eigenvalue weighted by Crippen LogP contribution is -2.45. The van der Waals surface area contributed by atoms with Crippen LogP contribution in [0, 0.1) is 0 Å². The van der Waals surface area contributed by atoms with Crippen LogP contribution in [-0.4, -0.2) is 36.1 Å². The number of nitrogens with one attached hydrogen (secondary N) is 1. The highest BCUT2D eigenvalue weighted by Crippen LogP contribution is 2.23. The van der Waals surface area contributed by atoms with Crippen LogP contribution < -0.4 is 15.0 Å². The van der Waals surface area contributed by atoms with E-state index in [0.717, 1.165) is 31.6 Å². The van der Waals surface area contributed by atoms with E-state index in [2.05, 4.69) is 10.2 Å². The molecule has 1 fully saturated rings. The first kappa shape index (κ1) is 21.6. The van der Waals surface area contributed by atoms with Crippen LogP contribution in [0.4, 0.5) is 10.5 Å². The normalized spacial score (nSPS) is 15.1. The number of aliphatic hydroxyl groups is 1. The first-order valence-corrected chi connectivity index (χ1v) is 10.8. The summed E-state index contributed by atoms with van der Waals surface area (Å²) in [6, 6.07) is 25.3. The number of para-hydroxylation sites is 1. The maximum atomic E-state index is 12.6. The number of rotatable bonds is 6. The zero-order valence-corrected chi connectivity index (χ0v) is 17.7. The van der Waals surface area contributed by atoms with Crippen LogP contribution in [0.1, 0.15) is 34.9 Å². The molecular formula is C26H26N2O4. The Morgan fingerprint density at radius 1 is 0.875 bits per heavy atom. The molecule has 0 saturated carbocycles. The minimum absolute atomic E-state index is 0.0596. The van der Waals surface area contributed by atoms with Gasteiger partial charge < -0.3 is 20.1 Å². The van der Waals surface area contributed by atoms with Crippen LogP contribution in [0.5, 0.6) is 5.75 Å². The number of aliphatic hydroxyl groups excluding tert-OH is 1. The fourth-order valence-electron chi connectivity index (χ4n) is 3.85. The molecule has 0 spiro atoms. The van der Waals surface area contributed by atoms with Crippen LogP contribution in [0.25, 0.3) is 0 Å². The van der Waals surface area contributed by atoms with Gasteiger partial charge in [0.05, 0.1) is 0 Å². The topological polar surface area (TPSA) is 78.9 Å². The average Bonchev–Trinajstić information content (AvgIpc) is 2.85. The van der Waals surface area contributed by atoms with Crippen LogP contribution >= 0.6 is 0 Å². The summed E-state index contributed by atoms with van der Waals surface area (Å²) < 4.78 is 5.30. The van der Waals surface area contributed by atoms with Gasteiger partial charge in [-0.2, -0.15) is 0 Å². The van der Waals surface area contributed by atoms with Gasteiger partial charge in [-0.25, -0.2) is 4.79 Å². The SMILES string of the molecule is O=C(NC1CCN(c2ccc(C(=O)C(O)c3ccccc3)cc2)CC1)Oc1ccccc1. The zero-order valence-electron chi connectivity index (χ0n) is 17.7. The Morgan fingerprint density at radius 2 is 1.47 bits per heavy atom. The summed E-state index contributed by atoms with van der Waals surface area (Å²) in [7, 11) is 0. The van der Waals surface area contributed by atoms with Crippen molar-refractivity contribution in [1.82, 2.24) is 5.32 Å². The van der Waals surface area contributed by atoms with E-state index in [1.807, 2.05) is 36.4 Å². The smallest absolute Gasteiger partial charge is 0.410 e. The quantitative estimate of drug-likeness (QED) is 0.568. The molecule has 0 aliphatic carbocycles. The molecule has 1 amide bonds. The molecule has 1 heterocycles. The standard InChI is InChI=1S/C26H26N2O4/c29-24(19-7-3-1-4-8-19)25(30)20-11-13-22(14-12-20)28-17-15-21(16-18-28)27-26(31)32-23-9-5-2-6-10-23/h1-14,21,24,29H,15-18H2,(H,27,31). The Kier molecular flexibility index (Phi) is 6.82. The van der Waals surface area contributed by atoms with Crippen molar-refractivity contribution in [2.75, 3.05) is 18.0 Å². The summed E-state index contributed by atoms with van der Waals surface area (Å²) >= 11 is 0. The van der Waals surface area contributed by atoms with Gasteiger partial charge in [-0.1, -0.05) is 48.5 Å². The van der Waals surface area contributed by atoms with Crippen molar-refractivity contribution in [3.05, 3.63) is 96.1 Å². The van der Waals surface area contributed by atoms with Gasteiger partial charge in [0.2, 0.25) is 0 Å². The summed E-state index contributed by atoms with van der Waals surface area (Å²) in [5.41, 5.74) is 2.08. The Hall–Kier alpha value is -3.64. The van der Waals surface area contributed by atoms with E-state index in [4.69, 9.17) is 4.74 Å². The predicted molar refractivity (Wildman–Crippen MR) is 123 cm³/mol. The van der Waals surface area contributed by atoms with Crippen molar-refractivity contribution in [1.29, 1.82) is 0 Å². The number of benzene rings is 3. The number of anilines is 1. The molecule has 0 radical (unpaired) electrons. The summed E-state index contributed by atoms with van der Waals surface area (Å²) in [4.78, 5) is 26.9. The third-order valence-electron chi connectivity index (χ3n) is 5.65. The van der Waals surface area contributed by atoms with Gasteiger partial charge in [0.15, 0.2) is 5.78 Å². The minimum atomic E-state index is -1.17. The van der Waals surface area contributed by atoms with Crippen LogP contribution in [0.15, 0.2) is 84.9 Å². The largest absolute Gasteiger partial charge is 0.412 e. The van der Waals surface area contributed by atoms with Gasteiger partial charge in [0, 0.05) is 30.4 Å². The molecule has 1 unspecified atom stereocenters. The van der Waals surface area contributed by atoms with E-state index in [9.17, 15) is 14.7 Å². The predicted octanol–water partition coefficient (Wildman–Crippen LogP) is 4.36. The highest BCUT2D eigenvalue weighted by molar-refractivity contribution is 6.00. The third-order valence-corrected chi connectivity index (χ3v) is 5.65. The number of hydrogen-bond donors (Lipinski definition) is 2. The fourth-order valence-corrected chi connectivity index (χ4v) is 3.85. The van der Waals surface area contributed by atoms with E-state index < -0.39 is 12.2 Å². The number of carbonyl (C=O) groups is 2. The monoisotopic (exact) mass is 430 g/mol. The molecule has 1 aliphatic rings. The van der Waals surface area contributed by atoms with E-state index in [-0.39, 0.29) is 11.8 Å². The molecule has 1 aliphatic heterocycles. The minimum Gasteiger partial charge on any atom is -0.410 e. The number of nitrogens with zero attached hydrogens (tertiary/aromatic N) is 1.